The fraction of sp³-hybridized carbons (Fsp3) is 0.417. The van der Waals surface area contributed by atoms with Crippen molar-refractivity contribution in [2.75, 3.05) is 5.73 Å². The zero-order valence-corrected chi connectivity index (χ0v) is 11.0. The monoisotopic (exact) mass is 247 g/mol. The minimum atomic E-state index is 0.198. The van der Waals surface area contributed by atoms with Crippen molar-refractivity contribution in [1.29, 1.82) is 0 Å². The van der Waals surface area contributed by atoms with Crippen LogP contribution in [0.3, 0.4) is 0 Å². The average molecular weight is 247 g/mol. The normalized spacial score (nSPS) is 10.9. The van der Waals surface area contributed by atoms with E-state index in [9.17, 15) is 0 Å². The van der Waals surface area contributed by atoms with Gasteiger partial charge in [-0.2, -0.15) is 10.1 Å². The Morgan fingerprint density at radius 1 is 1.28 bits per heavy atom. The van der Waals surface area contributed by atoms with E-state index in [2.05, 4.69) is 15.1 Å². The first kappa shape index (κ1) is 12.3. The lowest BCUT2D eigenvalue weighted by Gasteiger charge is -2.08. The zero-order chi connectivity index (χ0) is 13.3. The van der Waals surface area contributed by atoms with E-state index >= 15 is 0 Å². The Bertz CT molecular complexity index is 562. The molecule has 6 nitrogen and oxygen atoms in total. The van der Waals surface area contributed by atoms with Gasteiger partial charge in [-0.15, -0.1) is 0 Å². The number of anilines is 1. The second kappa shape index (κ2) is 4.64. The highest BCUT2D eigenvalue weighted by molar-refractivity contribution is 5.35. The Balaban J connectivity index is 2.31. The van der Waals surface area contributed by atoms with E-state index in [0.717, 1.165) is 5.69 Å². The number of hydrogen-bond acceptors (Lipinski definition) is 5. The van der Waals surface area contributed by atoms with E-state index in [1.54, 1.807) is 10.7 Å². The van der Waals surface area contributed by atoms with Gasteiger partial charge in [-0.05, 0) is 6.92 Å². The highest BCUT2D eigenvalue weighted by Crippen LogP contribution is 2.22. The highest BCUT2D eigenvalue weighted by atomic mass is 16.5. The fourth-order valence-electron chi connectivity index (χ4n) is 1.56. The molecule has 2 rings (SSSR count). The van der Waals surface area contributed by atoms with E-state index in [0.29, 0.717) is 23.4 Å². The minimum Gasteiger partial charge on any atom is -0.421 e. The van der Waals surface area contributed by atoms with E-state index in [1.807, 2.05) is 33.9 Å². The van der Waals surface area contributed by atoms with Gasteiger partial charge in [0, 0.05) is 25.1 Å². The summed E-state index contributed by atoms with van der Waals surface area (Å²) in [6.07, 6.45) is 0. The molecular weight excluding hydrogens is 230 g/mol. The van der Waals surface area contributed by atoms with Gasteiger partial charge in [0.2, 0.25) is 11.8 Å². The third-order valence-electron chi connectivity index (χ3n) is 2.42. The molecule has 2 N–H and O–H groups in total. The lowest BCUT2D eigenvalue weighted by molar-refractivity contribution is 0.412. The Morgan fingerprint density at radius 2 is 2.00 bits per heavy atom. The summed E-state index contributed by atoms with van der Waals surface area (Å²) < 4.78 is 7.33. The molecule has 6 heteroatoms. The van der Waals surface area contributed by atoms with Crippen LogP contribution in [0.1, 0.15) is 31.3 Å². The molecule has 0 aliphatic carbocycles. The molecule has 0 saturated carbocycles. The first-order valence-corrected chi connectivity index (χ1v) is 5.78. The van der Waals surface area contributed by atoms with Crippen LogP contribution in [0.5, 0.6) is 11.8 Å². The molecule has 0 atom stereocenters. The summed E-state index contributed by atoms with van der Waals surface area (Å²) in [5.41, 5.74) is 6.63. The molecule has 2 aromatic rings. The summed E-state index contributed by atoms with van der Waals surface area (Å²) in [5, 5.41) is 4.20. The molecule has 0 aliphatic heterocycles. The maximum atomic E-state index is 5.74. The van der Waals surface area contributed by atoms with Crippen LogP contribution in [0.15, 0.2) is 12.1 Å². The van der Waals surface area contributed by atoms with Crippen molar-refractivity contribution in [3.63, 3.8) is 0 Å². The van der Waals surface area contributed by atoms with Crippen LogP contribution in [-0.2, 0) is 7.05 Å². The fourth-order valence-corrected chi connectivity index (χ4v) is 1.56. The topological polar surface area (TPSA) is 78.9 Å². The summed E-state index contributed by atoms with van der Waals surface area (Å²) >= 11 is 0. The van der Waals surface area contributed by atoms with Crippen molar-refractivity contribution < 1.29 is 4.74 Å². The molecule has 2 heterocycles. The van der Waals surface area contributed by atoms with Gasteiger partial charge in [0.15, 0.2) is 0 Å². The predicted octanol–water partition coefficient (Wildman–Crippen LogP) is 2.02. The van der Waals surface area contributed by atoms with Gasteiger partial charge in [-0.1, -0.05) is 13.8 Å². The summed E-state index contributed by atoms with van der Waals surface area (Å²) in [5.74, 6) is 2.34. The lowest BCUT2D eigenvalue weighted by atomic mass is 10.2. The molecule has 96 valence electrons. The van der Waals surface area contributed by atoms with Crippen molar-refractivity contribution in [3.05, 3.63) is 23.7 Å². The number of nitrogens with two attached hydrogens (primary N) is 1. The Morgan fingerprint density at radius 3 is 2.56 bits per heavy atom. The van der Waals surface area contributed by atoms with Gasteiger partial charge in [-0.25, -0.2) is 9.67 Å². The highest BCUT2D eigenvalue weighted by Gasteiger charge is 2.10. The van der Waals surface area contributed by atoms with Gasteiger partial charge in [0.25, 0.3) is 0 Å². The molecule has 0 saturated heterocycles. The van der Waals surface area contributed by atoms with E-state index in [1.165, 1.54) is 0 Å². The largest absolute Gasteiger partial charge is 0.421 e. The molecule has 0 bridgehead atoms. The van der Waals surface area contributed by atoms with Crippen molar-refractivity contribution in [3.8, 4) is 11.8 Å². The van der Waals surface area contributed by atoms with Crippen LogP contribution in [0, 0.1) is 6.92 Å². The second-order valence-corrected chi connectivity index (χ2v) is 4.49. The maximum Gasteiger partial charge on any atom is 0.226 e. The number of rotatable bonds is 3. The molecule has 0 radical (unpaired) electrons. The first-order valence-electron chi connectivity index (χ1n) is 5.78. The molecule has 0 amide bonds. The number of aryl methyl sites for hydroxylation is 2. The van der Waals surface area contributed by atoms with Gasteiger partial charge in [-0.3, -0.25) is 0 Å². The molecular formula is C12H17N5O. The summed E-state index contributed by atoms with van der Waals surface area (Å²) in [6.45, 7) is 5.92. The van der Waals surface area contributed by atoms with Crippen LogP contribution in [0.25, 0.3) is 0 Å². The van der Waals surface area contributed by atoms with E-state index in [4.69, 9.17) is 10.5 Å². The zero-order valence-electron chi connectivity index (χ0n) is 11.0. The van der Waals surface area contributed by atoms with Gasteiger partial charge in [0.05, 0.1) is 5.69 Å². The van der Waals surface area contributed by atoms with E-state index in [-0.39, 0.29) is 5.92 Å². The molecule has 0 unspecified atom stereocenters. The molecule has 0 spiro atoms. The van der Waals surface area contributed by atoms with Gasteiger partial charge in [0.1, 0.15) is 11.6 Å². The van der Waals surface area contributed by atoms with Crippen LogP contribution < -0.4 is 10.5 Å². The number of nitrogens with zero attached hydrogens (tertiary/aromatic N) is 4. The minimum absolute atomic E-state index is 0.198. The lowest BCUT2D eigenvalue weighted by Crippen LogP contribution is -2.04. The van der Waals surface area contributed by atoms with E-state index < -0.39 is 0 Å². The maximum absolute atomic E-state index is 5.74. The third kappa shape index (κ3) is 2.58. The van der Waals surface area contributed by atoms with Gasteiger partial charge >= 0.3 is 0 Å². The van der Waals surface area contributed by atoms with Crippen LogP contribution in [0.4, 0.5) is 5.82 Å². The van der Waals surface area contributed by atoms with Crippen LogP contribution in [0.2, 0.25) is 0 Å². The van der Waals surface area contributed by atoms with Crippen molar-refractivity contribution >= 4 is 5.82 Å². The smallest absolute Gasteiger partial charge is 0.226 e. The van der Waals surface area contributed by atoms with Crippen LogP contribution in [-0.4, -0.2) is 19.7 Å². The Kier molecular flexibility index (Phi) is 3.18. The standard InChI is InChI=1S/C12H17N5O/c1-7(2)12-14-9(13)6-10(15-12)18-11-5-8(3)16-17(11)4/h5-7H,1-4H3,(H2,13,14,15). The Hall–Kier alpha value is -2.11. The molecule has 0 aliphatic rings. The van der Waals surface area contributed by atoms with Crippen molar-refractivity contribution in [2.45, 2.75) is 26.7 Å². The Labute approximate surface area is 106 Å². The van der Waals surface area contributed by atoms with Crippen molar-refractivity contribution in [1.82, 2.24) is 19.7 Å². The summed E-state index contributed by atoms with van der Waals surface area (Å²) in [7, 11) is 1.82. The first-order chi connectivity index (χ1) is 8.45. The summed E-state index contributed by atoms with van der Waals surface area (Å²) in [6, 6.07) is 3.45. The SMILES string of the molecule is Cc1cc(Oc2cc(N)nc(C(C)C)n2)n(C)n1. The molecule has 18 heavy (non-hydrogen) atoms. The number of ether oxygens (including phenoxy) is 1. The number of aromatic nitrogens is 4. The molecule has 0 aromatic carbocycles. The van der Waals surface area contributed by atoms with Crippen molar-refractivity contribution in [2.24, 2.45) is 7.05 Å². The number of nitrogen functional groups attached to an aromatic ring is 1. The molecule has 0 fully saturated rings. The van der Waals surface area contributed by atoms with Gasteiger partial charge < -0.3 is 10.5 Å². The quantitative estimate of drug-likeness (QED) is 0.897. The average Bonchev–Trinajstić information content (AvgIpc) is 2.56. The molecule has 2 aromatic heterocycles. The number of hydrogen-bond donors (Lipinski definition) is 1. The van der Waals surface area contributed by atoms with Crippen LogP contribution >= 0.6 is 0 Å². The third-order valence-corrected chi connectivity index (χ3v) is 2.42. The second-order valence-electron chi connectivity index (χ2n) is 4.49. The predicted molar refractivity (Wildman–Crippen MR) is 68.6 cm³/mol. The summed E-state index contributed by atoms with van der Waals surface area (Å²) in [4.78, 5) is 8.49.